The smallest absolute Gasteiger partial charge is 0.104 e. The van der Waals surface area contributed by atoms with Gasteiger partial charge in [-0.25, -0.2) is 0 Å². The summed E-state index contributed by atoms with van der Waals surface area (Å²) < 4.78 is 0. The fraction of sp³-hybridized carbons (Fsp3) is 0.357. The molecule has 1 aromatic carbocycles. The molecule has 1 aromatic rings. The van der Waals surface area contributed by atoms with Crippen molar-refractivity contribution < 1.29 is 5.11 Å². The van der Waals surface area contributed by atoms with Crippen molar-refractivity contribution >= 4 is 8.07 Å². The lowest BCUT2D eigenvalue weighted by molar-refractivity contribution is 0.222. The summed E-state index contributed by atoms with van der Waals surface area (Å²) in [6.07, 6.45) is 1.38. The van der Waals surface area contributed by atoms with Gasteiger partial charge >= 0.3 is 0 Å². The van der Waals surface area contributed by atoms with E-state index < -0.39 is 14.2 Å². The third-order valence-electron chi connectivity index (χ3n) is 2.50. The van der Waals surface area contributed by atoms with E-state index in [9.17, 15) is 5.11 Å². The molecule has 0 bridgehead atoms. The summed E-state index contributed by atoms with van der Waals surface area (Å²) in [5, 5.41) is 11.4. The summed E-state index contributed by atoms with van der Waals surface area (Å²) in [6.45, 7) is 8.62. The molecule has 0 aliphatic heterocycles. The molecule has 0 radical (unpaired) electrons. The molecule has 1 atom stereocenters. The zero-order valence-electron chi connectivity index (χ0n) is 10.5. The van der Waals surface area contributed by atoms with Crippen LogP contribution in [0.1, 0.15) is 18.6 Å². The van der Waals surface area contributed by atoms with Gasteiger partial charge in [0.25, 0.3) is 0 Å². The molecule has 0 saturated carbocycles. The van der Waals surface area contributed by atoms with Crippen molar-refractivity contribution in [1.29, 1.82) is 0 Å². The van der Waals surface area contributed by atoms with Crippen molar-refractivity contribution in [2.24, 2.45) is 0 Å². The van der Waals surface area contributed by atoms with E-state index >= 15 is 0 Å². The van der Waals surface area contributed by atoms with Crippen LogP contribution in [-0.4, -0.2) is 13.2 Å². The Morgan fingerprint density at radius 3 is 2.25 bits per heavy atom. The SMILES string of the molecule is CC=C=C([C@H](O)c1ccccc1)[Si](C)(C)C. The fourth-order valence-electron chi connectivity index (χ4n) is 1.66. The number of rotatable bonds is 3. The van der Waals surface area contributed by atoms with E-state index in [0.29, 0.717) is 0 Å². The van der Waals surface area contributed by atoms with Crippen LogP contribution in [0.15, 0.2) is 47.3 Å². The Morgan fingerprint density at radius 1 is 1.25 bits per heavy atom. The van der Waals surface area contributed by atoms with Crippen LogP contribution >= 0.6 is 0 Å². The highest BCUT2D eigenvalue weighted by Gasteiger charge is 2.26. The molecule has 0 aliphatic rings. The highest BCUT2D eigenvalue weighted by molar-refractivity contribution is 6.83. The molecule has 0 fully saturated rings. The Balaban J connectivity index is 3.13. The molecular weight excluding hydrogens is 212 g/mol. The first-order chi connectivity index (χ1) is 7.46. The van der Waals surface area contributed by atoms with Crippen molar-refractivity contribution in [1.82, 2.24) is 0 Å². The predicted octanol–water partition coefficient (Wildman–Crippen LogP) is 3.70. The van der Waals surface area contributed by atoms with Crippen molar-refractivity contribution in [2.45, 2.75) is 32.7 Å². The molecular formula is C14H20OSi. The lowest BCUT2D eigenvalue weighted by Crippen LogP contribution is -2.27. The fourth-order valence-corrected chi connectivity index (χ4v) is 3.23. The number of aliphatic hydroxyl groups is 1. The molecule has 1 N–H and O–H groups in total. The highest BCUT2D eigenvalue weighted by Crippen LogP contribution is 2.28. The van der Waals surface area contributed by atoms with Crippen LogP contribution < -0.4 is 0 Å². The van der Waals surface area contributed by atoms with Crippen molar-refractivity contribution in [3.63, 3.8) is 0 Å². The maximum absolute atomic E-state index is 10.4. The highest BCUT2D eigenvalue weighted by atomic mass is 28.3. The minimum Gasteiger partial charge on any atom is -0.384 e. The number of hydrogen-bond acceptors (Lipinski definition) is 1. The lowest BCUT2D eigenvalue weighted by Gasteiger charge is -2.24. The Morgan fingerprint density at radius 2 is 1.81 bits per heavy atom. The van der Waals surface area contributed by atoms with Gasteiger partial charge in [0.2, 0.25) is 0 Å². The Hall–Kier alpha value is -1.08. The van der Waals surface area contributed by atoms with E-state index in [2.05, 4.69) is 25.4 Å². The molecule has 0 unspecified atom stereocenters. The summed E-state index contributed by atoms with van der Waals surface area (Å²) in [5.41, 5.74) is 4.18. The van der Waals surface area contributed by atoms with Crippen molar-refractivity contribution in [3.05, 3.63) is 52.9 Å². The molecule has 0 heterocycles. The molecule has 0 spiro atoms. The van der Waals surface area contributed by atoms with Crippen LogP contribution in [-0.2, 0) is 0 Å². The Labute approximate surface area is 99.1 Å². The van der Waals surface area contributed by atoms with E-state index in [1.165, 1.54) is 0 Å². The standard InChI is InChI=1S/C14H20OSi/c1-5-9-13(16(2,3)4)14(15)12-10-7-6-8-11-12/h5-8,10-11,14-15H,1-4H3/t9?,14-/m1/s1. The third-order valence-corrected chi connectivity index (χ3v) is 4.53. The summed E-state index contributed by atoms with van der Waals surface area (Å²) >= 11 is 0. The second-order valence-corrected chi connectivity index (χ2v) is 9.95. The molecule has 0 amide bonds. The van der Waals surface area contributed by atoms with Crippen LogP contribution in [0.3, 0.4) is 0 Å². The van der Waals surface area contributed by atoms with E-state index in [1.54, 1.807) is 0 Å². The zero-order valence-corrected chi connectivity index (χ0v) is 11.5. The van der Waals surface area contributed by atoms with Gasteiger partial charge in [0.1, 0.15) is 6.10 Å². The summed E-state index contributed by atoms with van der Waals surface area (Å²) in [6, 6.07) is 9.79. The van der Waals surface area contributed by atoms with Gasteiger partial charge in [0, 0.05) is 0 Å². The average Bonchev–Trinajstić information content (AvgIpc) is 2.25. The molecule has 0 saturated heterocycles. The van der Waals surface area contributed by atoms with Gasteiger partial charge in [0.15, 0.2) is 0 Å². The van der Waals surface area contributed by atoms with E-state index in [0.717, 1.165) is 10.8 Å². The van der Waals surface area contributed by atoms with Gasteiger partial charge in [-0.05, 0) is 23.8 Å². The van der Waals surface area contributed by atoms with Crippen LogP contribution in [0.2, 0.25) is 19.6 Å². The maximum Gasteiger partial charge on any atom is 0.104 e. The van der Waals surface area contributed by atoms with Gasteiger partial charge in [-0.2, -0.15) is 0 Å². The molecule has 1 rings (SSSR count). The molecule has 1 nitrogen and oxygen atoms in total. The Kier molecular flexibility index (Phi) is 4.31. The predicted molar refractivity (Wildman–Crippen MR) is 72.0 cm³/mol. The second kappa shape index (κ2) is 5.31. The molecule has 16 heavy (non-hydrogen) atoms. The van der Waals surface area contributed by atoms with Gasteiger partial charge in [0.05, 0.1) is 8.07 Å². The van der Waals surface area contributed by atoms with Gasteiger partial charge < -0.3 is 5.11 Å². The van der Waals surface area contributed by atoms with E-state index in [4.69, 9.17) is 0 Å². The van der Waals surface area contributed by atoms with Gasteiger partial charge in [-0.3, -0.25) is 0 Å². The van der Waals surface area contributed by atoms with Crippen LogP contribution in [0.5, 0.6) is 0 Å². The topological polar surface area (TPSA) is 20.2 Å². The number of benzene rings is 1. The molecule has 0 aromatic heterocycles. The molecule has 2 heteroatoms. The first-order valence-corrected chi connectivity index (χ1v) is 9.11. The first kappa shape index (κ1) is 13.0. The third kappa shape index (κ3) is 3.21. The largest absolute Gasteiger partial charge is 0.384 e. The first-order valence-electron chi connectivity index (χ1n) is 5.61. The normalized spacial score (nSPS) is 12.8. The number of hydrogen-bond donors (Lipinski definition) is 1. The average molecular weight is 232 g/mol. The maximum atomic E-state index is 10.4. The molecule has 0 aliphatic carbocycles. The van der Waals surface area contributed by atoms with Gasteiger partial charge in [-0.1, -0.05) is 50.0 Å². The summed E-state index contributed by atoms with van der Waals surface area (Å²) in [7, 11) is -1.53. The minimum atomic E-state index is -1.53. The quantitative estimate of drug-likeness (QED) is 0.622. The van der Waals surface area contributed by atoms with Crippen LogP contribution in [0.4, 0.5) is 0 Å². The van der Waals surface area contributed by atoms with E-state index in [-0.39, 0.29) is 0 Å². The lowest BCUT2D eigenvalue weighted by atomic mass is 10.1. The Bertz CT molecular complexity index is 394. The van der Waals surface area contributed by atoms with Crippen LogP contribution in [0.25, 0.3) is 0 Å². The van der Waals surface area contributed by atoms with E-state index in [1.807, 2.05) is 43.3 Å². The monoisotopic (exact) mass is 232 g/mol. The molecule has 86 valence electrons. The summed E-state index contributed by atoms with van der Waals surface area (Å²) in [4.78, 5) is 0. The van der Waals surface area contributed by atoms with Crippen LogP contribution in [0, 0.1) is 0 Å². The number of aliphatic hydroxyl groups excluding tert-OH is 1. The zero-order chi connectivity index (χ0) is 12.2. The minimum absolute atomic E-state index is 0.510. The second-order valence-electron chi connectivity index (χ2n) is 4.91. The van der Waals surface area contributed by atoms with Crippen molar-refractivity contribution in [3.8, 4) is 0 Å². The van der Waals surface area contributed by atoms with Crippen molar-refractivity contribution in [2.75, 3.05) is 0 Å². The van der Waals surface area contributed by atoms with Gasteiger partial charge in [-0.15, -0.1) is 5.73 Å². The summed E-state index contributed by atoms with van der Waals surface area (Å²) in [5.74, 6) is 0.